The lowest BCUT2D eigenvalue weighted by molar-refractivity contribution is -0.126. The van der Waals surface area contributed by atoms with E-state index in [0.717, 1.165) is 55.5 Å². The number of nitrogens with one attached hydrogen (secondary N) is 1. The van der Waals surface area contributed by atoms with Crippen LogP contribution in [-0.2, 0) is 9.59 Å². The van der Waals surface area contributed by atoms with E-state index in [1.54, 1.807) is 19.4 Å². The first-order chi connectivity index (χ1) is 17.8. The molecule has 37 heavy (non-hydrogen) atoms. The maximum atomic E-state index is 13.9. The Morgan fingerprint density at radius 3 is 2.54 bits per heavy atom. The van der Waals surface area contributed by atoms with Crippen LogP contribution in [0.15, 0.2) is 34.6 Å². The van der Waals surface area contributed by atoms with Crippen LogP contribution in [0.5, 0.6) is 0 Å². The molecule has 0 radical (unpaired) electrons. The van der Waals surface area contributed by atoms with Gasteiger partial charge in [0.15, 0.2) is 0 Å². The molecule has 1 saturated heterocycles. The number of thiazole rings is 1. The Bertz CT molecular complexity index is 1170. The normalized spacial score (nSPS) is 19.9. The molecular formula is C29H38N4O3S. The van der Waals surface area contributed by atoms with Gasteiger partial charge in [-0.05, 0) is 57.2 Å². The fourth-order valence-electron chi connectivity index (χ4n) is 5.17. The summed E-state index contributed by atoms with van der Waals surface area (Å²) in [4.78, 5) is 50.7. The Balaban J connectivity index is 1.57. The summed E-state index contributed by atoms with van der Waals surface area (Å²) in [7, 11) is 1.72. The molecule has 1 saturated carbocycles. The number of ketones is 1. The number of nitrogens with zero attached hydrogens (tertiary/aromatic N) is 3. The molecule has 2 aromatic rings. The van der Waals surface area contributed by atoms with Gasteiger partial charge in [-0.25, -0.2) is 9.98 Å². The minimum absolute atomic E-state index is 0.0113. The highest BCUT2D eigenvalue weighted by Gasteiger charge is 2.37. The van der Waals surface area contributed by atoms with Crippen LogP contribution in [0.4, 0.5) is 0 Å². The van der Waals surface area contributed by atoms with Crippen molar-refractivity contribution in [3.05, 3.63) is 51.5 Å². The van der Waals surface area contributed by atoms with Gasteiger partial charge in [-0.3, -0.25) is 14.4 Å². The molecule has 2 amide bonds. The number of likely N-dealkylation sites (tertiary alicyclic amines) is 1. The second kappa shape index (κ2) is 12.2. The van der Waals surface area contributed by atoms with Gasteiger partial charge in [-0.1, -0.05) is 51.3 Å². The maximum Gasteiger partial charge on any atom is 0.269 e. The summed E-state index contributed by atoms with van der Waals surface area (Å²) >= 11 is 1.43. The predicted octanol–water partition coefficient (Wildman–Crippen LogP) is 5.32. The summed E-state index contributed by atoms with van der Waals surface area (Å²) in [5.41, 5.74) is 2.56. The third kappa shape index (κ3) is 6.24. The molecular weight excluding hydrogens is 484 g/mol. The van der Waals surface area contributed by atoms with E-state index in [0.29, 0.717) is 29.4 Å². The zero-order valence-electron chi connectivity index (χ0n) is 22.3. The summed E-state index contributed by atoms with van der Waals surface area (Å²) in [6, 6.07) is 7.07. The molecule has 4 rings (SSSR count). The highest BCUT2D eigenvalue weighted by atomic mass is 32.1. The SMILES string of the molecule is CN[C@@H](C)C(=O)N=C(C(=O)N1CCC[C@H]1c1nc(C(=O)c2cccc(C(C)C)c2)cs1)C1CCCCC1. The second-order valence-electron chi connectivity index (χ2n) is 10.5. The summed E-state index contributed by atoms with van der Waals surface area (Å²) in [6.45, 7) is 6.57. The van der Waals surface area contributed by atoms with Gasteiger partial charge in [0.25, 0.3) is 11.8 Å². The standard InChI is InChI=1S/C29H38N4O3S/c1-18(2)21-12-8-13-22(16-21)26(34)23-17-37-28(31-23)24-14-9-15-33(24)29(36)25(20-10-6-5-7-11-20)32-27(35)19(3)30-4/h8,12-13,16-20,24,30H,5-7,9-11,14-15H2,1-4H3/t19-,24-/m0/s1. The number of amides is 2. The highest BCUT2D eigenvalue weighted by Crippen LogP contribution is 2.36. The number of rotatable bonds is 8. The van der Waals surface area contributed by atoms with E-state index in [9.17, 15) is 14.4 Å². The molecule has 0 unspecified atom stereocenters. The van der Waals surface area contributed by atoms with Gasteiger partial charge in [0.1, 0.15) is 16.4 Å². The summed E-state index contributed by atoms with van der Waals surface area (Å²) in [5, 5.41) is 5.50. The first-order valence-corrected chi connectivity index (χ1v) is 14.4. The smallest absolute Gasteiger partial charge is 0.269 e. The van der Waals surface area contributed by atoms with Crippen LogP contribution < -0.4 is 5.32 Å². The zero-order valence-corrected chi connectivity index (χ0v) is 23.1. The van der Waals surface area contributed by atoms with Crippen LogP contribution in [0, 0.1) is 5.92 Å². The molecule has 198 valence electrons. The zero-order chi connectivity index (χ0) is 26.5. The van der Waals surface area contributed by atoms with E-state index in [1.165, 1.54) is 11.3 Å². The van der Waals surface area contributed by atoms with E-state index >= 15 is 0 Å². The predicted molar refractivity (Wildman–Crippen MR) is 147 cm³/mol. The van der Waals surface area contributed by atoms with Gasteiger partial charge >= 0.3 is 0 Å². The Morgan fingerprint density at radius 1 is 1.08 bits per heavy atom. The van der Waals surface area contributed by atoms with Crippen molar-refractivity contribution in [2.75, 3.05) is 13.6 Å². The lowest BCUT2D eigenvalue weighted by Gasteiger charge is -2.28. The minimum atomic E-state index is -0.442. The highest BCUT2D eigenvalue weighted by molar-refractivity contribution is 7.10. The number of carbonyl (C=O) groups excluding carboxylic acids is 3. The molecule has 0 bridgehead atoms. The second-order valence-corrected chi connectivity index (χ2v) is 11.4. The Labute approximate surface area is 223 Å². The Hall–Kier alpha value is -2.71. The van der Waals surface area contributed by atoms with Crippen molar-refractivity contribution < 1.29 is 14.4 Å². The molecule has 1 aliphatic carbocycles. The summed E-state index contributed by atoms with van der Waals surface area (Å²) < 4.78 is 0. The van der Waals surface area contributed by atoms with E-state index in [-0.39, 0.29) is 29.6 Å². The maximum absolute atomic E-state index is 13.9. The number of likely N-dealkylation sites (N-methyl/N-ethyl adjacent to an activating group) is 1. The van der Waals surface area contributed by atoms with Gasteiger partial charge in [-0.15, -0.1) is 11.3 Å². The first kappa shape index (κ1) is 27.3. The van der Waals surface area contributed by atoms with Gasteiger partial charge in [0.2, 0.25) is 5.78 Å². The van der Waals surface area contributed by atoms with Crippen LogP contribution in [0.1, 0.15) is 104 Å². The van der Waals surface area contributed by atoms with Gasteiger partial charge in [0.05, 0.1) is 12.1 Å². The van der Waals surface area contributed by atoms with Crippen LogP contribution in [0.2, 0.25) is 0 Å². The monoisotopic (exact) mass is 522 g/mol. The molecule has 2 atom stereocenters. The molecule has 1 aliphatic heterocycles. The van der Waals surface area contributed by atoms with E-state index in [4.69, 9.17) is 4.98 Å². The molecule has 1 N–H and O–H groups in total. The van der Waals surface area contributed by atoms with Crippen molar-refractivity contribution >= 4 is 34.6 Å². The summed E-state index contributed by atoms with van der Waals surface area (Å²) in [6.07, 6.45) is 6.66. The van der Waals surface area contributed by atoms with Crippen LogP contribution in [-0.4, -0.2) is 52.8 Å². The molecule has 1 aromatic carbocycles. The van der Waals surface area contributed by atoms with E-state index < -0.39 is 6.04 Å². The van der Waals surface area contributed by atoms with Gasteiger partial charge in [0, 0.05) is 23.4 Å². The molecule has 8 heteroatoms. The number of benzene rings is 1. The number of hydrogen-bond acceptors (Lipinski definition) is 6. The quantitative estimate of drug-likeness (QED) is 0.374. The Kier molecular flexibility index (Phi) is 9.03. The third-order valence-corrected chi connectivity index (χ3v) is 8.56. The molecule has 2 fully saturated rings. The average Bonchev–Trinajstić information content (AvgIpc) is 3.61. The van der Waals surface area contributed by atoms with Crippen molar-refractivity contribution in [2.45, 2.75) is 83.7 Å². The number of aliphatic imine (C=N–C) groups is 1. The molecule has 7 nitrogen and oxygen atoms in total. The summed E-state index contributed by atoms with van der Waals surface area (Å²) in [5.74, 6) is -0.217. The van der Waals surface area contributed by atoms with Crippen molar-refractivity contribution in [1.82, 2.24) is 15.2 Å². The number of aromatic nitrogens is 1. The number of hydrogen-bond donors (Lipinski definition) is 1. The van der Waals surface area contributed by atoms with Crippen LogP contribution in [0.3, 0.4) is 0 Å². The topological polar surface area (TPSA) is 91.7 Å². The molecule has 2 aliphatic rings. The lowest BCUT2D eigenvalue weighted by atomic mass is 9.85. The van der Waals surface area contributed by atoms with Gasteiger partial charge < -0.3 is 10.2 Å². The Morgan fingerprint density at radius 2 is 1.84 bits per heavy atom. The fourth-order valence-corrected chi connectivity index (χ4v) is 6.12. The molecule has 1 aromatic heterocycles. The third-order valence-electron chi connectivity index (χ3n) is 7.61. The van der Waals surface area contributed by atoms with E-state index in [2.05, 4.69) is 24.2 Å². The molecule has 2 heterocycles. The van der Waals surface area contributed by atoms with Crippen molar-refractivity contribution in [2.24, 2.45) is 10.9 Å². The lowest BCUT2D eigenvalue weighted by Crippen LogP contribution is -2.41. The molecule has 0 spiro atoms. The largest absolute Gasteiger partial charge is 0.328 e. The van der Waals surface area contributed by atoms with E-state index in [1.807, 2.05) is 29.2 Å². The van der Waals surface area contributed by atoms with Gasteiger partial charge in [-0.2, -0.15) is 0 Å². The fraction of sp³-hybridized carbons (Fsp3) is 0.552. The van der Waals surface area contributed by atoms with Crippen molar-refractivity contribution in [3.63, 3.8) is 0 Å². The van der Waals surface area contributed by atoms with Crippen LogP contribution in [0.25, 0.3) is 0 Å². The van der Waals surface area contributed by atoms with Crippen molar-refractivity contribution in [3.8, 4) is 0 Å². The minimum Gasteiger partial charge on any atom is -0.328 e. The average molecular weight is 523 g/mol. The van der Waals surface area contributed by atoms with Crippen molar-refractivity contribution in [1.29, 1.82) is 0 Å². The van der Waals surface area contributed by atoms with Crippen LogP contribution >= 0.6 is 11.3 Å². The first-order valence-electron chi connectivity index (χ1n) is 13.5. The number of carbonyl (C=O) groups is 3.